The molecule has 1 aromatic heterocycles. The van der Waals surface area contributed by atoms with Crippen molar-refractivity contribution in [1.82, 2.24) is 15.8 Å². The van der Waals surface area contributed by atoms with E-state index >= 15 is 0 Å². The first-order chi connectivity index (χ1) is 6.99. The predicted molar refractivity (Wildman–Crippen MR) is 45.8 cm³/mol. The third kappa shape index (κ3) is 4.41. The fourth-order valence-corrected chi connectivity index (χ4v) is 0.800. The van der Waals surface area contributed by atoms with Crippen LogP contribution in [0.5, 0.6) is 0 Å². The van der Waals surface area contributed by atoms with Gasteiger partial charge in [0.05, 0.1) is 0 Å². The molecule has 15 heavy (non-hydrogen) atoms. The van der Waals surface area contributed by atoms with Gasteiger partial charge in [-0.3, -0.25) is 15.2 Å². The third-order valence-electron chi connectivity index (χ3n) is 1.43. The van der Waals surface area contributed by atoms with Gasteiger partial charge >= 0.3 is 6.18 Å². The second-order valence-electron chi connectivity index (χ2n) is 2.66. The minimum atomic E-state index is -4.36. The Morgan fingerprint density at radius 2 is 1.93 bits per heavy atom. The number of pyridine rings is 1. The average molecular weight is 219 g/mol. The average Bonchev–Trinajstić information content (AvgIpc) is 2.17. The number of nitrogens with one attached hydrogen (secondary N) is 2. The molecule has 1 heterocycles. The van der Waals surface area contributed by atoms with E-state index in [1.807, 2.05) is 5.43 Å². The highest BCUT2D eigenvalue weighted by Gasteiger charge is 2.26. The third-order valence-corrected chi connectivity index (χ3v) is 1.43. The molecule has 1 aromatic rings. The molecule has 0 saturated carbocycles. The van der Waals surface area contributed by atoms with Crippen LogP contribution in [0.1, 0.15) is 10.4 Å². The van der Waals surface area contributed by atoms with Gasteiger partial charge in [0, 0.05) is 18.0 Å². The number of hydrazine groups is 1. The first-order valence-electron chi connectivity index (χ1n) is 3.99. The first-order valence-corrected chi connectivity index (χ1v) is 3.99. The predicted octanol–water partition coefficient (Wildman–Crippen LogP) is 0.878. The summed E-state index contributed by atoms with van der Waals surface area (Å²) in [4.78, 5) is 14.8. The van der Waals surface area contributed by atoms with Crippen LogP contribution >= 0.6 is 0 Å². The van der Waals surface area contributed by atoms with Crippen molar-refractivity contribution in [3.63, 3.8) is 0 Å². The Labute approximate surface area is 83.5 Å². The molecule has 0 bridgehead atoms. The van der Waals surface area contributed by atoms with Crippen molar-refractivity contribution in [1.29, 1.82) is 0 Å². The van der Waals surface area contributed by atoms with E-state index < -0.39 is 18.6 Å². The van der Waals surface area contributed by atoms with Gasteiger partial charge in [0.1, 0.15) is 6.54 Å². The number of nitrogens with zero attached hydrogens (tertiary/aromatic N) is 1. The highest BCUT2D eigenvalue weighted by Crippen LogP contribution is 2.11. The van der Waals surface area contributed by atoms with Crippen LogP contribution < -0.4 is 10.9 Å². The van der Waals surface area contributed by atoms with Crippen molar-refractivity contribution in [2.45, 2.75) is 6.18 Å². The first kappa shape index (κ1) is 11.4. The van der Waals surface area contributed by atoms with Gasteiger partial charge in [-0.1, -0.05) is 0 Å². The van der Waals surface area contributed by atoms with Crippen LogP contribution in [0, 0.1) is 0 Å². The Morgan fingerprint density at radius 1 is 1.33 bits per heavy atom. The molecule has 4 nitrogen and oxygen atoms in total. The zero-order valence-corrected chi connectivity index (χ0v) is 7.51. The lowest BCUT2D eigenvalue weighted by Crippen LogP contribution is -2.42. The zero-order chi connectivity index (χ0) is 11.3. The highest BCUT2D eigenvalue weighted by molar-refractivity contribution is 5.93. The van der Waals surface area contributed by atoms with E-state index in [9.17, 15) is 18.0 Å². The van der Waals surface area contributed by atoms with Crippen LogP contribution in [0.3, 0.4) is 0 Å². The molecule has 0 aromatic carbocycles. The lowest BCUT2D eigenvalue weighted by atomic mass is 10.3. The summed E-state index contributed by atoms with van der Waals surface area (Å²) in [5.41, 5.74) is 3.93. The minimum absolute atomic E-state index is 0.236. The summed E-state index contributed by atoms with van der Waals surface area (Å²) in [6, 6.07) is 2.79. The summed E-state index contributed by atoms with van der Waals surface area (Å²) in [5.74, 6) is -0.637. The van der Waals surface area contributed by atoms with Crippen molar-refractivity contribution in [3.8, 4) is 0 Å². The molecule has 82 valence electrons. The molecule has 0 aliphatic rings. The number of halogens is 3. The van der Waals surface area contributed by atoms with Crippen LogP contribution in [0.4, 0.5) is 13.2 Å². The molecule has 0 spiro atoms. The van der Waals surface area contributed by atoms with Crippen molar-refractivity contribution >= 4 is 5.91 Å². The Bertz CT molecular complexity index is 326. The smallest absolute Gasteiger partial charge is 0.287 e. The van der Waals surface area contributed by atoms with Crippen molar-refractivity contribution in [2.75, 3.05) is 6.54 Å². The number of rotatable bonds is 3. The highest BCUT2D eigenvalue weighted by atomic mass is 19.4. The number of hydrogen-bond donors (Lipinski definition) is 2. The summed E-state index contributed by atoms with van der Waals surface area (Å²) in [5, 5.41) is 0. The van der Waals surface area contributed by atoms with E-state index in [2.05, 4.69) is 4.98 Å². The lowest BCUT2D eigenvalue weighted by molar-refractivity contribution is -0.126. The molecule has 0 unspecified atom stereocenters. The second-order valence-corrected chi connectivity index (χ2v) is 2.66. The molecular formula is C8H8F3N3O. The van der Waals surface area contributed by atoms with Crippen molar-refractivity contribution in [3.05, 3.63) is 30.1 Å². The molecule has 0 aliphatic carbocycles. The van der Waals surface area contributed by atoms with Crippen LogP contribution in [0.15, 0.2) is 24.5 Å². The Balaban J connectivity index is 2.38. The van der Waals surface area contributed by atoms with Gasteiger partial charge in [-0.25, -0.2) is 5.43 Å². The lowest BCUT2D eigenvalue weighted by Gasteiger charge is -2.09. The van der Waals surface area contributed by atoms with E-state index in [1.165, 1.54) is 24.5 Å². The molecule has 1 amide bonds. The monoisotopic (exact) mass is 219 g/mol. The summed E-state index contributed by atoms with van der Waals surface area (Å²) < 4.78 is 35.1. The van der Waals surface area contributed by atoms with Crippen molar-refractivity contribution < 1.29 is 18.0 Å². The topological polar surface area (TPSA) is 54.0 Å². The summed E-state index contributed by atoms with van der Waals surface area (Å²) in [6.45, 7) is -1.27. The molecular weight excluding hydrogens is 211 g/mol. The van der Waals surface area contributed by atoms with Gasteiger partial charge in [-0.15, -0.1) is 0 Å². The maximum Gasteiger partial charge on any atom is 0.402 e. The maximum absolute atomic E-state index is 11.7. The maximum atomic E-state index is 11.7. The number of aromatic nitrogens is 1. The number of alkyl halides is 3. The standard InChI is InChI=1S/C8H8F3N3O/c9-8(10,11)5-13-14-7(15)6-1-3-12-4-2-6/h1-4,13H,5H2,(H,14,15). The van der Waals surface area contributed by atoms with E-state index in [4.69, 9.17) is 0 Å². The fraction of sp³-hybridized carbons (Fsp3) is 0.250. The van der Waals surface area contributed by atoms with E-state index in [0.29, 0.717) is 0 Å². The van der Waals surface area contributed by atoms with Crippen LogP contribution in [-0.2, 0) is 0 Å². The molecule has 0 atom stereocenters. The number of carbonyl (C=O) groups is 1. The normalized spacial score (nSPS) is 11.1. The largest absolute Gasteiger partial charge is 0.402 e. The summed E-state index contributed by atoms with van der Waals surface area (Å²) >= 11 is 0. The minimum Gasteiger partial charge on any atom is -0.287 e. The van der Waals surface area contributed by atoms with Crippen LogP contribution in [0.2, 0.25) is 0 Å². The SMILES string of the molecule is O=C(NNCC(F)(F)F)c1ccncc1. The molecule has 1 rings (SSSR count). The molecule has 0 radical (unpaired) electrons. The Morgan fingerprint density at radius 3 is 2.47 bits per heavy atom. The zero-order valence-electron chi connectivity index (χ0n) is 7.51. The quantitative estimate of drug-likeness (QED) is 0.742. The molecule has 7 heteroatoms. The Hall–Kier alpha value is -1.63. The number of amides is 1. The number of carbonyl (C=O) groups excluding carboxylic acids is 1. The second kappa shape index (κ2) is 4.74. The van der Waals surface area contributed by atoms with Gasteiger partial charge in [0.2, 0.25) is 0 Å². The molecule has 2 N–H and O–H groups in total. The van der Waals surface area contributed by atoms with E-state index in [0.717, 1.165) is 0 Å². The van der Waals surface area contributed by atoms with Gasteiger partial charge < -0.3 is 0 Å². The molecule has 0 aliphatic heterocycles. The Kier molecular flexibility index (Phi) is 3.62. The van der Waals surface area contributed by atoms with Gasteiger partial charge in [-0.2, -0.15) is 13.2 Å². The van der Waals surface area contributed by atoms with Gasteiger partial charge in [-0.05, 0) is 12.1 Å². The number of hydrogen-bond acceptors (Lipinski definition) is 3. The summed E-state index contributed by atoms with van der Waals surface area (Å²) in [6.07, 6.45) is -1.61. The molecule has 0 saturated heterocycles. The van der Waals surface area contributed by atoms with Crippen LogP contribution in [-0.4, -0.2) is 23.6 Å². The van der Waals surface area contributed by atoms with E-state index in [1.54, 1.807) is 5.43 Å². The van der Waals surface area contributed by atoms with Gasteiger partial charge in [0.25, 0.3) is 5.91 Å². The van der Waals surface area contributed by atoms with Crippen LogP contribution in [0.25, 0.3) is 0 Å². The molecule has 0 fully saturated rings. The summed E-state index contributed by atoms with van der Waals surface area (Å²) in [7, 11) is 0. The fourth-order valence-electron chi connectivity index (χ4n) is 0.800. The van der Waals surface area contributed by atoms with E-state index in [-0.39, 0.29) is 5.56 Å². The van der Waals surface area contributed by atoms with Crippen molar-refractivity contribution in [2.24, 2.45) is 0 Å². The van der Waals surface area contributed by atoms with Gasteiger partial charge in [0.15, 0.2) is 0 Å².